The number of rotatable bonds is 1. The average Bonchev–Trinajstić information content (AvgIpc) is 2.09. The van der Waals surface area contributed by atoms with Crippen LogP contribution in [0.3, 0.4) is 0 Å². The summed E-state index contributed by atoms with van der Waals surface area (Å²) in [4.78, 5) is 0. The van der Waals surface area contributed by atoms with Gasteiger partial charge in [0.1, 0.15) is 0 Å². The summed E-state index contributed by atoms with van der Waals surface area (Å²) in [7, 11) is 0. The van der Waals surface area contributed by atoms with E-state index in [4.69, 9.17) is 11.6 Å². The Morgan fingerprint density at radius 1 is 1.33 bits per heavy atom. The van der Waals surface area contributed by atoms with Gasteiger partial charge < -0.3 is 0 Å². The first-order valence-corrected chi connectivity index (χ1v) is 4.06. The quantitative estimate of drug-likeness (QED) is 0.455. The van der Waals surface area contributed by atoms with Gasteiger partial charge in [-0.25, -0.2) is 0 Å². The van der Waals surface area contributed by atoms with Crippen LogP contribution in [0.5, 0.6) is 0 Å². The van der Waals surface area contributed by atoms with E-state index in [0.29, 0.717) is 0 Å². The first-order chi connectivity index (χ1) is 5.83. The number of benzene rings is 1. The monoisotopic (exact) mass is 176 g/mol. The number of allylic oxidation sites excluding steroid dienone is 1. The summed E-state index contributed by atoms with van der Waals surface area (Å²) in [5, 5.41) is 0.740. The molecule has 0 heterocycles. The minimum Gasteiger partial charge on any atom is -0.102 e. The predicted octanol–water partition coefficient (Wildman–Crippen LogP) is 3.27. The Kier molecular flexibility index (Phi) is 3.44. The highest BCUT2D eigenvalue weighted by atomic mass is 35.5. The lowest BCUT2D eigenvalue weighted by Gasteiger charge is -1.89. The van der Waals surface area contributed by atoms with Crippen molar-refractivity contribution in [3.8, 4) is 11.8 Å². The molecule has 1 rings (SSSR count). The smallest absolute Gasteiger partial charge is 0.0406 e. The molecule has 1 heteroatoms. The Morgan fingerprint density at radius 3 is 2.58 bits per heavy atom. The van der Waals surface area contributed by atoms with Crippen LogP contribution in [0.1, 0.15) is 12.0 Å². The van der Waals surface area contributed by atoms with Crippen molar-refractivity contribution >= 4 is 11.6 Å². The van der Waals surface area contributed by atoms with E-state index in [2.05, 4.69) is 18.4 Å². The first-order valence-electron chi connectivity index (χ1n) is 3.68. The molecule has 0 bridgehead atoms. The molecule has 0 radical (unpaired) electrons. The van der Waals surface area contributed by atoms with Gasteiger partial charge in [-0.1, -0.05) is 29.5 Å². The molecular formula is C11H9Cl. The lowest BCUT2D eigenvalue weighted by molar-refractivity contribution is 1.48. The minimum absolute atomic E-state index is 0.725. The van der Waals surface area contributed by atoms with Crippen molar-refractivity contribution in [2.45, 2.75) is 6.42 Å². The van der Waals surface area contributed by atoms with Crippen LogP contribution in [-0.2, 0) is 0 Å². The molecule has 0 aromatic heterocycles. The van der Waals surface area contributed by atoms with Gasteiger partial charge >= 0.3 is 0 Å². The van der Waals surface area contributed by atoms with Crippen molar-refractivity contribution in [3.05, 3.63) is 47.5 Å². The number of hydrogen-bond donors (Lipinski definition) is 0. The molecule has 0 spiro atoms. The Balaban J connectivity index is 2.72. The highest BCUT2D eigenvalue weighted by molar-refractivity contribution is 6.30. The second kappa shape index (κ2) is 4.64. The van der Waals surface area contributed by atoms with Gasteiger partial charge in [-0.2, -0.15) is 0 Å². The van der Waals surface area contributed by atoms with E-state index in [1.165, 1.54) is 0 Å². The summed E-state index contributed by atoms with van der Waals surface area (Å²) < 4.78 is 0. The van der Waals surface area contributed by atoms with E-state index < -0.39 is 0 Å². The fourth-order valence-corrected chi connectivity index (χ4v) is 0.884. The van der Waals surface area contributed by atoms with Crippen molar-refractivity contribution in [2.24, 2.45) is 0 Å². The van der Waals surface area contributed by atoms with E-state index in [0.717, 1.165) is 17.0 Å². The zero-order chi connectivity index (χ0) is 8.81. The van der Waals surface area contributed by atoms with Gasteiger partial charge in [0, 0.05) is 17.0 Å². The molecule has 60 valence electrons. The van der Waals surface area contributed by atoms with Crippen LogP contribution in [0, 0.1) is 11.8 Å². The number of hydrogen-bond acceptors (Lipinski definition) is 0. The number of halogens is 1. The van der Waals surface area contributed by atoms with Gasteiger partial charge in [0.15, 0.2) is 0 Å². The van der Waals surface area contributed by atoms with Gasteiger partial charge in [0.05, 0.1) is 0 Å². The Morgan fingerprint density at radius 2 is 2.00 bits per heavy atom. The van der Waals surface area contributed by atoms with Gasteiger partial charge in [0.25, 0.3) is 0 Å². The van der Waals surface area contributed by atoms with Crippen LogP contribution < -0.4 is 0 Å². The summed E-state index contributed by atoms with van der Waals surface area (Å²) in [5.41, 5.74) is 0.987. The predicted molar refractivity (Wildman–Crippen MR) is 53.1 cm³/mol. The van der Waals surface area contributed by atoms with Crippen molar-refractivity contribution < 1.29 is 0 Å². The third-order valence-electron chi connectivity index (χ3n) is 1.32. The summed E-state index contributed by atoms with van der Waals surface area (Å²) in [6.45, 7) is 3.58. The van der Waals surface area contributed by atoms with E-state index in [1.54, 1.807) is 6.08 Å². The minimum atomic E-state index is 0.725. The molecule has 0 amide bonds. The van der Waals surface area contributed by atoms with Crippen LogP contribution >= 0.6 is 11.6 Å². The average molecular weight is 177 g/mol. The summed E-state index contributed by atoms with van der Waals surface area (Å²) in [5.74, 6) is 5.95. The van der Waals surface area contributed by atoms with E-state index >= 15 is 0 Å². The fourth-order valence-electron chi connectivity index (χ4n) is 0.758. The summed E-state index contributed by atoms with van der Waals surface area (Å²) >= 11 is 5.71. The van der Waals surface area contributed by atoms with Gasteiger partial charge in [0.2, 0.25) is 0 Å². The van der Waals surface area contributed by atoms with Crippen molar-refractivity contribution in [3.63, 3.8) is 0 Å². The third-order valence-corrected chi connectivity index (χ3v) is 1.58. The van der Waals surface area contributed by atoms with Crippen LogP contribution in [0.15, 0.2) is 36.9 Å². The van der Waals surface area contributed by atoms with E-state index in [-0.39, 0.29) is 0 Å². The maximum Gasteiger partial charge on any atom is 0.0406 e. The van der Waals surface area contributed by atoms with Crippen LogP contribution in [0.4, 0.5) is 0 Å². The molecule has 0 atom stereocenters. The molecule has 1 aromatic rings. The molecule has 0 saturated carbocycles. The molecule has 0 aliphatic rings. The van der Waals surface area contributed by atoms with Crippen LogP contribution in [0.2, 0.25) is 5.02 Å². The second-order valence-corrected chi connectivity index (χ2v) is 2.74. The lowest BCUT2D eigenvalue weighted by atomic mass is 10.2. The third kappa shape index (κ3) is 2.82. The maximum absolute atomic E-state index is 5.71. The standard InChI is InChI=1S/C11H9Cl/c1-2-3-4-5-10-6-8-11(12)9-7-10/h2,6-9H,1,3H2. The van der Waals surface area contributed by atoms with Crippen LogP contribution in [0.25, 0.3) is 0 Å². The SMILES string of the molecule is C=CCC#Cc1ccc(Cl)cc1. The van der Waals surface area contributed by atoms with Gasteiger partial charge in [-0.3, -0.25) is 0 Å². The summed E-state index contributed by atoms with van der Waals surface area (Å²) in [6.07, 6.45) is 2.51. The Labute approximate surface area is 77.9 Å². The molecule has 0 saturated heterocycles. The lowest BCUT2D eigenvalue weighted by Crippen LogP contribution is -1.71. The molecule has 1 aromatic carbocycles. The highest BCUT2D eigenvalue weighted by Gasteiger charge is 1.85. The normalized spacial score (nSPS) is 8.42. The van der Waals surface area contributed by atoms with Gasteiger partial charge in [-0.15, -0.1) is 6.58 Å². The Bertz CT molecular complexity index is 311. The van der Waals surface area contributed by atoms with E-state index in [1.807, 2.05) is 24.3 Å². The topological polar surface area (TPSA) is 0 Å². The zero-order valence-corrected chi connectivity index (χ0v) is 7.43. The van der Waals surface area contributed by atoms with Crippen LogP contribution in [-0.4, -0.2) is 0 Å². The highest BCUT2D eigenvalue weighted by Crippen LogP contribution is 2.08. The molecule has 0 nitrogen and oxygen atoms in total. The molecule has 0 aliphatic heterocycles. The molecular weight excluding hydrogens is 168 g/mol. The van der Waals surface area contributed by atoms with Gasteiger partial charge in [-0.05, 0) is 24.3 Å². The molecule has 0 N–H and O–H groups in total. The summed E-state index contributed by atoms with van der Waals surface area (Å²) in [6, 6.07) is 7.47. The van der Waals surface area contributed by atoms with Crippen molar-refractivity contribution in [2.75, 3.05) is 0 Å². The molecule has 0 unspecified atom stereocenters. The molecule has 0 aliphatic carbocycles. The molecule has 0 fully saturated rings. The molecule has 12 heavy (non-hydrogen) atoms. The Hall–Kier alpha value is -1.19. The maximum atomic E-state index is 5.71. The zero-order valence-electron chi connectivity index (χ0n) is 6.68. The van der Waals surface area contributed by atoms with Crippen molar-refractivity contribution in [1.29, 1.82) is 0 Å². The fraction of sp³-hybridized carbons (Fsp3) is 0.0909. The van der Waals surface area contributed by atoms with Crippen molar-refractivity contribution in [1.82, 2.24) is 0 Å². The van der Waals surface area contributed by atoms with E-state index in [9.17, 15) is 0 Å². The second-order valence-electron chi connectivity index (χ2n) is 2.30. The first kappa shape index (κ1) is 8.90. The largest absolute Gasteiger partial charge is 0.102 e.